The summed E-state index contributed by atoms with van der Waals surface area (Å²) in [6.07, 6.45) is 0. The zero-order valence-electron chi connectivity index (χ0n) is 14.5. The van der Waals surface area contributed by atoms with Crippen LogP contribution in [0, 0.1) is 6.92 Å². The van der Waals surface area contributed by atoms with Crippen LogP contribution in [0.2, 0.25) is 0 Å². The number of aryl methyl sites for hydroxylation is 1. The third kappa shape index (κ3) is 3.69. The van der Waals surface area contributed by atoms with Gasteiger partial charge in [-0.15, -0.1) is 0 Å². The summed E-state index contributed by atoms with van der Waals surface area (Å²) < 4.78 is 0. The minimum Gasteiger partial charge on any atom is -0.355 e. The van der Waals surface area contributed by atoms with Gasteiger partial charge in [0.05, 0.1) is 6.04 Å². The van der Waals surface area contributed by atoms with E-state index in [2.05, 4.69) is 15.6 Å². The van der Waals surface area contributed by atoms with Gasteiger partial charge in [-0.1, -0.05) is 18.2 Å². The maximum atomic E-state index is 13.0. The molecule has 6 heteroatoms. The summed E-state index contributed by atoms with van der Waals surface area (Å²) in [6.45, 7) is 3.86. The molecule has 1 aromatic heterocycles. The highest BCUT2D eigenvalue weighted by atomic mass is 16.2. The molecule has 25 heavy (non-hydrogen) atoms. The van der Waals surface area contributed by atoms with Gasteiger partial charge >= 0.3 is 0 Å². The Kier molecular flexibility index (Phi) is 5.09. The molecule has 1 atom stereocenters. The van der Waals surface area contributed by atoms with Crippen molar-refractivity contribution in [1.29, 1.82) is 0 Å². The SMILES string of the molecule is CNC(=O)c1cccc(C2CNCCN2C(=O)c2cccc(C)n2)c1. The van der Waals surface area contributed by atoms with Crippen molar-refractivity contribution in [3.63, 3.8) is 0 Å². The standard InChI is InChI=1S/C19H22N4O2/c1-13-5-3-8-16(22-13)19(25)23-10-9-21-12-17(23)14-6-4-7-15(11-14)18(24)20-2/h3-8,11,17,21H,9-10,12H2,1-2H3,(H,20,24). The van der Waals surface area contributed by atoms with Gasteiger partial charge in [0.2, 0.25) is 0 Å². The molecule has 0 spiro atoms. The highest BCUT2D eigenvalue weighted by Gasteiger charge is 2.29. The van der Waals surface area contributed by atoms with Gasteiger partial charge in [-0.3, -0.25) is 9.59 Å². The number of hydrogen-bond acceptors (Lipinski definition) is 4. The first-order valence-corrected chi connectivity index (χ1v) is 8.37. The lowest BCUT2D eigenvalue weighted by molar-refractivity contribution is 0.0628. The summed E-state index contributed by atoms with van der Waals surface area (Å²) in [4.78, 5) is 31.1. The summed E-state index contributed by atoms with van der Waals surface area (Å²) >= 11 is 0. The number of amides is 2. The lowest BCUT2D eigenvalue weighted by Gasteiger charge is -2.36. The lowest BCUT2D eigenvalue weighted by Crippen LogP contribution is -2.49. The third-order valence-corrected chi connectivity index (χ3v) is 4.37. The smallest absolute Gasteiger partial charge is 0.273 e. The van der Waals surface area contributed by atoms with Gasteiger partial charge < -0.3 is 15.5 Å². The van der Waals surface area contributed by atoms with Crippen molar-refractivity contribution in [1.82, 2.24) is 20.5 Å². The largest absolute Gasteiger partial charge is 0.355 e. The molecule has 1 aliphatic heterocycles. The van der Waals surface area contributed by atoms with E-state index in [1.807, 2.05) is 42.2 Å². The molecule has 2 heterocycles. The first-order valence-electron chi connectivity index (χ1n) is 8.37. The fourth-order valence-corrected chi connectivity index (χ4v) is 3.09. The van der Waals surface area contributed by atoms with Crippen LogP contribution in [0.3, 0.4) is 0 Å². The van der Waals surface area contributed by atoms with Crippen molar-refractivity contribution in [3.05, 3.63) is 65.0 Å². The Balaban J connectivity index is 1.91. The topological polar surface area (TPSA) is 74.3 Å². The summed E-state index contributed by atoms with van der Waals surface area (Å²) in [5, 5.41) is 5.96. The van der Waals surface area contributed by atoms with E-state index >= 15 is 0 Å². The van der Waals surface area contributed by atoms with Crippen LogP contribution in [-0.2, 0) is 0 Å². The second-order valence-corrected chi connectivity index (χ2v) is 6.09. The van der Waals surface area contributed by atoms with E-state index in [4.69, 9.17) is 0 Å². The fraction of sp³-hybridized carbons (Fsp3) is 0.316. The molecule has 3 rings (SSSR count). The minimum absolute atomic E-state index is 0.0828. The van der Waals surface area contributed by atoms with Crippen molar-refractivity contribution < 1.29 is 9.59 Å². The van der Waals surface area contributed by atoms with Crippen LogP contribution in [0.1, 0.15) is 38.1 Å². The molecule has 1 fully saturated rings. The number of rotatable bonds is 3. The molecule has 2 amide bonds. The van der Waals surface area contributed by atoms with E-state index in [1.54, 1.807) is 19.2 Å². The first-order chi connectivity index (χ1) is 12.1. The van der Waals surface area contributed by atoms with Crippen LogP contribution < -0.4 is 10.6 Å². The Morgan fingerprint density at radius 3 is 2.80 bits per heavy atom. The van der Waals surface area contributed by atoms with Gasteiger partial charge in [-0.05, 0) is 36.8 Å². The number of carbonyl (C=O) groups is 2. The van der Waals surface area contributed by atoms with Crippen LogP contribution in [0.5, 0.6) is 0 Å². The molecule has 1 aromatic carbocycles. The first kappa shape index (κ1) is 17.1. The number of nitrogens with one attached hydrogen (secondary N) is 2. The Labute approximate surface area is 147 Å². The maximum absolute atomic E-state index is 13.0. The highest BCUT2D eigenvalue weighted by molar-refractivity contribution is 5.94. The summed E-state index contributed by atoms with van der Waals surface area (Å²) in [5.41, 5.74) is 2.80. The van der Waals surface area contributed by atoms with Crippen molar-refractivity contribution in [2.24, 2.45) is 0 Å². The normalized spacial score (nSPS) is 17.2. The molecule has 1 aliphatic rings. The number of carbonyl (C=O) groups excluding carboxylic acids is 2. The second-order valence-electron chi connectivity index (χ2n) is 6.09. The van der Waals surface area contributed by atoms with Gasteiger partial charge in [0.1, 0.15) is 5.69 Å². The van der Waals surface area contributed by atoms with Gasteiger partial charge in [-0.2, -0.15) is 0 Å². The number of pyridine rings is 1. The van der Waals surface area contributed by atoms with Crippen molar-refractivity contribution in [3.8, 4) is 0 Å². The summed E-state index contributed by atoms with van der Waals surface area (Å²) in [6, 6.07) is 12.8. The molecular formula is C19H22N4O2. The van der Waals surface area contributed by atoms with E-state index in [9.17, 15) is 9.59 Å². The second kappa shape index (κ2) is 7.44. The van der Waals surface area contributed by atoms with E-state index in [0.29, 0.717) is 24.3 Å². The number of aromatic nitrogens is 1. The highest BCUT2D eigenvalue weighted by Crippen LogP contribution is 2.24. The molecule has 2 N–H and O–H groups in total. The quantitative estimate of drug-likeness (QED) is 0.890. The van der Waals surface area contributed by atoms with Crippen LogP contribution >= 0.6 is 0 Å². The Morgan fingerprint density at radius 2 is 2.04 bits per heavy atom. The predicted molar refractivity (Wildman–Crippen MR) is 95.5 cm³/mol. The molecule has 0 radical (unpaired) electrons. The van der Waals surface area contributed by atoms with E-state index < -0.39 is 0 Å². The van der Waals surface area contributed by atoms with Crippen LogP contribution in [0.15, 0.2) is 42.5 Å². The third-order valence-electron chi connectivity index (χ3n) is 4.37. The predicted octanol–water partition coefficient (Wildman–Crippen LogP) is 1.54. The molecule has 0 bridgehead atoms. The number of hydrogen-bond donors (Lipinski definition) is 2. The number of nitrogens with zero attached hydrogens (tertiary/aromatic N) is 2. The van der Waals surface area contributed by atoms with Gasteiger partial charge in [0.25, 0.3) is 11.8 Å². The van der Waals surface area contributed by atoms with Gasteiger partial charge in [0.15, 0.2) is 0 Å². The number of piperazine rings is 1. The average Bonchev–Trinajstić information content (AvgIpc) is 2.67. The summed E-state index contributed by atoms with van der Waals surface area (Å²) in [5.74, 6) is -0.218. The Morgan fingerprint density at radius 1 is 1.24 bits per heavy atom. The average molecular weight is 338 g/mol. The van der Waals surface area contributed by atoms with Gasteiger partial charge in [-0.25, -0.2) is 4.98 Å². The Hall–Kier alpha value is -2.73. The molecule has 1 saturated heterocycles. The molecule has 130 valence electrons. The molecular weight excluding hydrogens is 316 g/mol. The Bertz CT molecular complexity index is 790. The van der Waals surface area contributed by atoms with Crippen molar-refractivity contribution in [2.75, 3.05) is 26.7 Å². The lowest BCUT2D eigenvalue weighted by atomic mass is 10.00. The summed E-state index contributed by atoms with van der Waals surface area (Å²) in [7, 11) is 1.61. The van der Waals surface area contributed by atoms with E-state index in [1.165, 1.54) is 0 Å². The monoisotopic (exact) mass is 338 g/mol. The maximum Gasteiger partial charge on any atom is 0.273 e. The minimum atomic E-state index is -0.135. The van der Waals surface area contributed by atoms with Crippen LogP contribution in [0.4, 0.5) is 0 Å². The van der Waals surface area contributed by atoms with Crippen molar-refractivity contribution >= 4 is 11.8 Å². The molecule has 6 nitrogen and oxygen atoms in total. The van der Waals surface area contributed by atoms with E-state index in [0.717, 1.165) is 17.8 Å². The van der Waals surface area contributed by atoms with Crippen LogP contribution in [-0.4, -0.2) is 48.4 Å². The number of benzene rings is 1. The van der Waals surface area contributed by atoms with E-state index in [-0.39, 0.29) is 17.9 Å². The van der Waals surface area contributed by atoms with Crippen molar-refractivity contribution in [2.45, 2.75) is 13.0 Å². The molecule has 0 aliphatic carbocycles. The zero-order valence-corrected chi connectivity index (χ0v) is 14.5. The molecule has 2 aromatic rings. The fourth-order valence-electron chi connectivity index (χ4n) is 3.09. The molecule has 1 unspecified atom stereocenters. The van der Waals surface area contributed by atoms with Crippen LogP contribution in [0.25, 0.3) is 0 Å². The zero-order chi connectivity index (χ0) is 17.8. The molecule has 0 saturated carbocycles. The van der Waals surface area contributed by atoms with Gasteiger partial charge in [0, 0.05) is 37.9 Å².